The van der Waals surface area contributed by atoms with Gasteiger partial charge >= 0.3 is 11.9 Å². The van der Waals surface area contributed by atoms with Gasteiger partial charge in [-0.05, 0) is 56.5 Å². The Morgan fingerprint density at radius 3 is 2.22 bits per heavy atom. The van der Waals surface area contributed by atoms with Crippen molar-refractivity contribution < 1.29 is 28.9 Å². The van der Waals surface area contributed by atoms with Crippen molar-refractivity contribution in [1.29, 1.82) is 0 Å². The number of hydrogen-bond acceptors (Lipinski definition) is 11. The smallest absolute Gasteiger partial charge is 0.359 e. The molecule has 2 heterocycles. The quantitative estimate of drug-likeness (QED) is 0.259. The Balaban J connectivity index is 1.61. The second-order valence-corrected chi connectivity index (χ2v) is 11.4. The Morgan fingerprint density at radius 2 is 1.66 bits per heavy atom. The summed E-state index contributed by atoms with van der Waals surface area (Å²) in [5, 5.41) is 28.4. The fraction of sp³-hybridized carbons (Fsp3) is 0.414. The van der Waals surface area contributed by atoms with Crippen LogP contribution >= 0.6 is 0 Å². The minimum absolute atomic E-state index is 0.0696. The molecular weight excluding hydrogens is 528 g/mol. The molecule has 12 nitrogen and oxygen atoms in total. The first-order chi connectivity index (χ1) is 19.2. The number of carbonyl (C=O) groups excluding carboxylic acids is 2. The van der Waals surface area contributed by atoms with E-state index in [1.807, 2.05) is 48.5 Å². The molecule has 12 heteroatoms. The molecule has 41 heavy (non-hydrogen) atoms. The van der Waals surface area contributed by atoms with Crippen molar-refractivity contribution in [2.75, 3.05) is 13.9 Å². The van der Waals surface area contributed by atoms with Crippen LogP contribution in [0.4, 0.5) is 0 Å². The lowest BCUT2D eigenvalue weighted by molar-refractivity contribution is -0.174. The van der Waals surface area contributed by atoms with Crippen molar-refractivity contribution in [2.24, 2.45) is 5.41 Å². The summed E-state index contributed by atoms with van der Waals surface area (Å²) in [6.45, 7) is 9.62. The first-order valence-corrected chi connectivity index (χ1v) is 13.1. The average Bonchev–Trinajstić information content (AvgIpc) is 3.56. The van der Waals surface area contributed by atoms with Crippen LogP contribution in [0.1, 0.15) is 47.1 Å². The number of benzene rings is 2. The Morgan fingerprint density at radius 1 is 1.00 bits per heavy atom. The van der Waals surface area contributed by atoms with Crippen LogP contribution < -0.4 is 5.32 Å². The van der Waals surface area contributed by atoms with Crippen molar-refractivity contribution in [3.8, 4) is 22.5 Å². The highest BCUT2D eigenvalue weighted by Crippen LogP contribution is 2.37. The van der Waals surface area contributed by atoms with Gasteiger partial charge in [-0.1, -0.05) is 48.5 Å². The number of methoxy groups -OCH3 is 1. The standard InChI is InChI=1S/C29H36N6O6/c1-27(2,3)26(37)41-17-40-25(36)22-23(28(4,5)38)30-29(6,39-7)35(22)16-18-12-14-19(15-13-18)20-10-8-9-11-21(20)24-31-33-34-32-24/h8-15,30,38H,16-17H2,1-7H3,(H,31,32,33,34). The van der Waals surface area contributed by atoms with Gasteiger partial charge in [0.25, 0.3) is 0 Å². The number of aromatic nitrogens is 4. The minimum Gasteiger partial charge on any atom is -0.427 e. The summed E-state index contributed by atoms with van der Waals surface area (Å²) >= 11 is 0. The van der Waals surface area contributed by atoms with Gasteiger partial charge in [0.2, 0.25) is 18.5 Å². The van der Waals surface area contributed by atoms with E-state index in [9.17, 15) is 14.7 Å². The van der Waals surface area contributed by atoms with Crippen LogP contribution in [0.2, 0.25) is 0 Å². The summed E-state index contributed by atoms with van der Waals surface area (Å²) < 4.78 is 16.2. The molecule has 0 spiro atoms. The maximum atomic E-state index is 13.4. The summed E-state index contributed by atoms with van der Waals surface area (Å²) in [5.74, 6) is -1.98. The molecule has 1 atom stereocenters. The third-order valence-corrected chi connectivity index (χ3v) is 6.69. The summed E-state index contributed by atoms with van der Waals surface area (Å²) in [6.07, 6.45) is 0. The topological polar surface area (TPSA) is 152 Å². The Hall–Kier alpha value is -4.29. The molecule has 0 saturated heterocycles. The molecule has 0 bridgehead atoms. The lowest BCUT2D eigenvalue weighted by Crippen LogP contribution is -2.52. The number of aromatic amines is 1. The molecule has 0 radical (unpaired) electrons. The first kappa shape index (κ1) is 29.7. The third-order valence-electron chi connectivity index (χ3n) is 6.69. The van der Waals surface area contributed by atoms with Crippen LogP contribution in [0.3, 0.4) is 0 Å². The van der Waals surface area contributed by atoms with E-state index in [0.29, 0.717) is 5.82 Å². The van der Waals surface area contributed by atoms with Gasteiger partial charge in [0.15, 0.2) is 0 Å². The first-order valence-electron chi connectivity index (χ1n) is 13.1. The summed E-state index contributed by atoms with van der Waals surface area (Å²) in [7, 11) is 1.50. The lowest BCUT2D eigenvalue weighted by Gasteiger charge is -2.36. The molecule has 2 aromatic carbocycles. The highest BCUT2D eigenvalue weighted by Gasteiger charge is 2.48. The molecular formula is C29H36N6O6. The fourth-order valence-electron chi connectivity index (χ4n) is 4.35. The van der Waals surface area contributed by atoms with Gasteiger partial charge in [-0.2, -0.15) is 5.21 Å². The molecule has 0 saturated carbocycles. The Kier molecular flexibility index (Phi) is 8.18. The van der Waals surface area contributed by atoms with E-state index in [2.05, 4.69) is 25.9 Å². The van der Waals surface area contributed by atoms with E-state index in [-0.39, 0.29) is 17.9 Å². The van der Waals surface area contributed by atoms with E-state index in [1.165, 1.54) is 7.11 Å². The van der Waals surface area contributed by atoms with Gasteiger partial charge in [-0.25, -0.2) is 4.79 Å². The molecule has 1 aliphatic rings. The number of aliphatic hydroxyl groups is 1. The van der Waals surface area contributed by atoms with Gasteiger partial charge in [0, 0.05) is 26.1 Å². The SMILES string of the molecule is COC1(C)NC(C(C)(C)O)=C(C(=O)OCOC(=O)C(C)(C)C)N1Cc1ccc(-c2ccccc2-c2nn[nH]n2)cc1. The summed E-state index contributed by atoms with van der Waals surface area (Å²) in [4.78, 5) is 27.2. The molecule has 3 aromatic rings. The number of H-pyrrole nitrogens is 1. The fourth-order valence-corrected chi connectivity index (χ4v) is 4.35. The van der Waals surface area contributed by atoms with Crippen LogP contribution in [0, 0.1) is 5.41 Å². The van der Waals surface area contributed by atoms with E-state index in [0.717, 1.165) is 22.3 Å². The molecule has 0 fully saturated rings. The van der Waals surface area contributed by atoms with Gasteiger partial charge in [-0.3, -0.25) is 4.79 Å². The predicted molar refractivity (Wildman–Crippen MR) is 149 cm³/mol. The van der Waals surface area contributed by atoms with E-state index in [1.54, 1.807) is 46.4 Å². The average molecular weight is 565 g/mol. The maximum Gasteiger partial charge on any atom is 0.359 e. The van der Waals surface area contributed by atoms with Crippen LogP contribution in [0.25, 0.3) is 22.5 Å². The lowest BCUT2D eigenvalue weighted by atomic mass is 9.98. The zero-order chi connectivity index (χ0) is 30.0. The number of carbonyl (C=O) groups is 2. The van der Waals surface area contributed by atoms with Crippen LogP contribution in [-0.4, -0.2) is 67.9 Å². The number of ether oxygens (including phenoxy) is 3. The number of tetrazole rings is 1. The van der Waals surface area contributed by atoms with Crippen molar-refractivity contribution in [3.05, 3.63) is 65.5 Å². The van der Waals surface area contributed by atoms with E-state index >= 15 is 0 Å². The summed E-state index contributed by atoms with van der Waals surface area (Å²) in [6, 6.07) is 15.6. The van der Waals surface area contributed by atoms with Crippen molar-refractivity contribution in [2.45, 2.75) is 59.5 Å². The Labute approximate surface area is 238 Å². The third kappa shape index (κ3) is 6.39. The number of nitrogens with zero attached hydrogens (tertiary/aromatic N) is 4. The van der Waals surface area contributed by atoms with Crippen molar-refractivity contribution in [1.82, 2.24) is 30.8 Å². The molecule has 1 unspecified atom stereocenters. The molecule has 4 rings (SSSR count). The zero-order valence-electron chi connectivity index (χ0n) is 24.3. The number of hydrogen-bond donors (Lipinski definition) is 3. The maximum absolute atomic E-state index is 13.4. The minimum atomic E-state index is -1.44. The molecule has 3 N–H and O–H groups in total. The highest BCUT2D eigenvalue weighted by molar-refractivity contribution is 5.90. The largest absolute Gasteiger partial charge is 0.427 e. The van der Waals surface area contributed by atoms with Crippen LogP contribution in [0.15, 0.2) is 59.9 Å². The highest BCUT2D eigenvalue weighted by atomic mass is 16.7. The molecule has 1 aromatic heterocycles. The number of rotatable bonds is 9. The molecule has 0 amide bonds. The number of esters is 2. The zero-order valence-corrected chi connectivity index (χ0v) is 24.3. The Bertz CT molecular complexity index is 1420. The molecule has 218 valence electrons. The van der Waals surface area contributed by atoms with Crippen molar-refractivity contribution in [3.63, 3.8) is 0 Å². The predicted octanol–water partition coefficient (Wildman–Crippen LogP) is 3.33. The normalized spacial score (nSPS) is 17.4. The van der Waals surface area contributed by atoms with Gasteiger partial charge < -0.3 is 29.5 Å². The van der Waals surface area contributed by atoms with Crippen LogP contribution in [0.5, 0.6) is 0 Å². The van der Waals surface area contributed by atoms with E-state index in [4.69, 9.17) is 14.2 Å². The second kappa shape index (κ2) is 11.3. The molecule has 1 aliphatic heterocycles. The molecule has 0 aliphatic carbocycles. The second-order valence-electron chi connectivity index (χ2n) is 11.4. The van der Waals surface area contributed by atoms with Gasteiger partial charge in [-0.15, -0.1) is 10.2 Å². The van der Waals surface area contributed by atoms with Gasteiger partial charge in [0.05, 0.1) is 11.1 Å². The van der Waals surface area contributed by atoms with Gasteiger partial charge in [0.1, 0.15) is 11.3 Å². The van der Waals surface area contributed by atoms with Crippen LogP contribution in [-0.2, 0) is 30.3 Å². The van der Waals surface area contributed by atoms with Crippen molar-refractivity contribution >= 4 is 11.9 Å². The number of nitrogens with one attached hydrogen (secondary N) is 2. The monoisotopic (exact) mass is 564 g/mol. The summed E-state index contributed by atoms with van der Waals surface area (Å²) in [5.41, 5.74) is 1.67. The van der Waals surface area contributed by atoms with E-state index < -0.39 is 35.6 Å².